The Morgan fingerprint density at radius 1 is 1.62 bits per heavy atom. The van der Waals surface area contributed by atoms with Crippen molar-refractivity contribution >= 4 is 5.78 Å². The average molecular weight is 180 g/mol. The lowest BCUT2D eigenvalue weighted by Crippen LogP contribution is -2.17. The van der Waals surface area contributed by atoms with Crippen molar-refractivity contribution in [2.24, 2.45) is 0 Å². The highest BCUT2D eigenvalue weighted by atomic mass is 16.1. The van der Waals surface area contributed by atoms with Crippen LogP contribution in [0.5, 0.6) is 0 Å². The number of carbonyl (C=O) groups excluding carboxylic acids is 1. The molecule has 4 nitrogen and oxygen atoms in total. The van der Waals surface area contributed by atoms with Crippen LogP contribution in [0, 0.1) is 6.92 Å². The second kappa shape index (κ2) is 3.51. The summed E-state index contributed by atoms with van der Waals surface area (Å²) < 4.78 is 0. The van der Waals surface area contributed by atoms with Gasteiger partial charge in [0.1, 0.15) is 5.78 Å². The monoisotopic (exact) mass is 180 g/mol. The SMILES string of the molecule is CC(=O)C(C)c1nc[nH]c(=O)c1C. The first-order valence-electron chi connectivity index (χ1n) is 4.08. The minimum absolute atomic E-state index is 0.0150. The van der Waals surface area contributed by atoms with E-state index in [1.807, 2.05) is 0 Å². The normalized spacial score (nSPS) is 12.5. The Kier molecular flexibility index (Phi) is 2.60. The van der Waals surface area contributed by atoms with Crippen LogP contribution >= 0.6 is 0 Å². The van der Waals surface area contributed by atoms with E-state index in [-0.39, 0.29) is 17.3 Å². The Labute approximate surface area is 76.0 Å². The zero-order chi connectivity index (χ0) is 10.0. The molecule has 13 heavy (non-hydrogen) atoms. The van der Waals surface area contributed by atoms with E-state index in [1.165, 1.54) is 13.3 Å². The van der Waals surface area contributed by atoms with E-state index >= 15 is 0 Å². The van der Waals surface area contributed by atoms with Gasteiger partial charge in [-0.15, -0.1) is 0 Å². The Hall–Kier alpha value is -1.45. The standard InChI is InChI=1S/C9H12N2O2/c1-5(7(3)12)8-6(2)9(13)11-4-10-8/h4-5H,1-3H3,(H,10,11,13). The van der Waals surface area contributed by atoms with Crippen LogP contribution in [0.15, 0.2) is 11.1 Å². The third-order valence-corrected chi connectivity index (χ3v) is 2.14. The molecule has 0 aliphatic heterocycles. The van der Waals surface area contributed by atoms with E-state index in [0.717, 1.165) is 0 Å². The summed E-state index contributed by atoms with van der Waals surface area (Å²) >= 11 is 0. The van der Waals surface area contributed by atoms with Crippen molar-refractivity contribution in [3.05, 3.63) is 27.9 Å². The molecule has 1 aromatic heterocycles. The van der Waals surface area contributed by atoms with Crippen LogP contribution in [-0.4, -0.2) is 15.8 Å². The highest BCUT2D eigenvalue weighted by Gasteiger charge is 2.15. The highest BCUT2D eigenvalue weighted by molar-refractivity contribution is 5.82. The maximum absolute atomic E-state index is 11.2. The predicted octanol–water partition coefficient (Wildman–Crippen LogP) is 0.771. The van der Waals surface area contributed by atoms with Crippen molar-refractivity contribution in [3.63, 3.8) is 0 Å². The summed E-state index contributed by atoms with van der Waals surface area (Å²) in [7, 11) is 0. The number of Topliss-reactive ketones (excluding diaryl/α,β-unsaturated/α-hetero) is 1. The molecule has 0 aliphatic rings. The van der Waals surface area contributed by atoms with Gasteiger partial charge in [-0.05, 0) is 20.8 Å². The summed E-state index contributed by atoms with van der Waals surface area (Å²) in [5, 5.41) is 0. The lowest BCUT2D eigenvalue weighted by Gasteiger charge is -2.08. The summed E-state index contributed by atoms with van der Waals surface area (Å²) in [6, 6.07) is 0. The summed E-state index contributed by atoms with van der Waals surface area (Å²) in [6.07, 6.45) is 1.32. The minimum Gasteiger partial charge on any atom is -0.313 e. The van der Waals surface area contributed by atoms with Crippen molar-refractivity contribution in [2.75, 3.05) is 0 Å². The number of nitrogens with zero attached hydrogens (tertiary/aromatic N) is 1. The molecule has 1 unspecified atom stereocenters. The fourth-order valence-corrected chi connectivity index (χ4v) is 1.11. The largest absolute Gasteiger partial charge is 0.313 e. The summed E-state index contributed by atoms with van der Waals surface area (Å²) in [4.78, 5) is 28.7. The van der Waals surface area contributed by atoms with Crippen LogP contribution < -0.4 is 5.56 Å². The van der Waals surface area contributed by atoms with Gasteiger partial charge in [0.25, 0.3) is 5.56 Å². The fraction of sp³-hybridized carbons (Fsp3) is 0.444. The lowest BCUT2D eigenvalue weighted by atomic mass is 10.0. The Bertz CT molecular complexity index is 381. The van der Waals surface area contributed by atoms with Crippen LogP contribution in [-0.2, 0) is 4.79 Å². The first-order valence-corrected chi connectivity index (χ1v) is 4.08. The third kappa shape index (κ3) is 1.83. The van der Waals surface area contributed by atoms with Crippen molar-refractivity contribution in [3.8, 4) is 0 Å². The van der Waals surface area contributed by atoms with E-state index in [9.17, 15) is 9.59 Å². The molecule has 0 fully saturated rings. The van der Waals surface area contributed by atoms with Gasteiger partial charge in [0.15, 0.2) is 0 Å². The molecule has 70 valence electrons. The number of H-pyrrole nitrogens is 1. The zero-order valence-corrected chi connectivity index (χ0v) is 7.92. The van der Waals surface area contributed by atoms with Crippen LogP contribution in [0.3, 0.4) is 0 Å². The molecule has 0 spiro atoms. The minimum atomic E-state index is -0.303. The van der Waals surface area contributed by atoms with Crippen LogP contribution in [0.1, 0.15) is 31.0 Å². The van der Waals surface area contributed by atoms with Crippen LogP contribution in [0.2, 0.25) is 0 Å². The molecule has 0 amide bonds. The molecular formula is C9H12N2O2. The molecular weight excluding hydrogens is 168 g/mol. The summed E-state index contributed by atoms with van der Waals surface area (Å²) in [5.74, 6) is -0.288. The number of ketones is 1. The van der Waals surface area contributed by atoms with Gasteiger partial charge in [-0.2, -0.15) is 0 Å². The van der Waals surface area contributed by atoms with E-state index in [0.29, 0.717) is 11.3 Å². The van der Waals surface area contributed by atoms with Gasteiger partial charge in [0.05, 0.1) is 17.9 Å². The second-order valence-corrected chi connectivity index (χ2v) is 3.07. The molecule has 1 atom stereocenters. The molecule has 1 aromatic rings. The molecule has 0 aromatic carbocycles. The van der Waals surface area contributed by atoms with Crippen molar-refractivity contribution in [1.29, 1.82) is 0 Å². The van der Waals surface area contributed by atoms with Gasteiger partial charge in [-0.3, -0.25) is 9.59 Å². The number of hydrogen-bond donors (Lipinski definition) is 1. The average Bonchev–Trinajstić information content (AvgIpc) is 2.08. The van der Waals surface area contributed by atoms with Crippen molar-refractivity contribution in [1.82, 2.24) is 9.97 Å². The van der Waals surface area contributed by atoms with Gasteiger partial charge >= 0.3 is 0 Å². The fourth-order valence-electron chi connectivity index (χ4n) is 1.11. The second-order valence-electron chi connectivity index (χ2n) is 3.07. The number of nitrogens with one attached hydrogen (secondary N) is 1. The molecule has 0 saturated carbocycles. The van der Waals surface area contributed by atoms with E-state index in [4.69, 9.17) is 0 Å². The molecule has 1 N–H and O–H groups in total. The van der Waals surface area contributed by atoms with Gasteiger partial charge in [-0.1, -0.05) is 0 Å². The molecule has 0 saturated heterocycles. The maximum Gasteiger partial charge on any atom is 0.253 e. The van der Waals surface area contributed by atoms with Gasteiger partial charge in [0.2, 0.25) is 0 Å². The smallest absolute Gasteiger partial charge is 0.253 e. The van der Waals surface area contributed by atoms with Crippen molar-refractivity contribution < 1.29 is 4.79 Å². The number of carbonyl (C=O) groups is 1. The number of aromatic amines is 1. The molecule has 0 aliphatic carbocycles. The first-order chi connectivity index (χ1) is 6.04. The van der Waals surface area contributed by atoms with E-state index < -0.39 is 0 Å². The van der Waals surface area contributed by atoms with Gasteiger partial charge in [0, 0.05) is 5.56 Å². The summed E-state index contributed by atoms with van der Waals surface area (Å²) in [5.41, 5.74) is 0.902. The van der Waals surface area contributed by atoms with Crippen LogP contribution in [0.25, 0.3) is 0 Å². The van der Waals surface area contributed by atoms with Gasteiger partial charge in [-0.25, -0.2) is 4.98 Å². The molecule has 0 bridgehead atoms. The van der Waals surface area contributed by atoms with Crippen LogP contribution in [0.4, 0.5) is 0 Å². The van der Waals surface area contributed by atoms with E-state index in [2.05, 4.69) is 9.97 Å². The molecule has 1 heterocycles. The Morgan fingerprint density at radius 2 is 2.23 bits per heavy atom. The Morgan fingerprint density at radius 3 is 2.77 bits per heavy atom. The highest BCUT2D eigenvalue weighted by Crippen LogP contribution is 2.13. The number of hydrogen-bond acceptors (Lipinski definition) is 3. The third-order valence-electron chi connectivity index (χ3n) is 2.14. The lowest BCUT2D eigenvalue weighted by molar-refractivity contribution is -0.118. The topological polar surface area (TPSA) is 62.8 Å². The van der Waals surface area contributed by atoms with E-state index in [1.54, 1.807) is 13.8 Å². The Balaban J connectivity index is 3.23. The predicted molar refractivity (Wildman–Crippen MR) is 48.7 cm³/mol. The molecule has 0 radical (unpaired) electrons. The molecule has 4 heteroatoms. The quantitative estimate of drug-likeness (QED) is 0.731. The zero-order valence-electron chi connectivity index (χ0n) is 7.92. The summed E-state index contributed by atoms with van der Waals surface area (Å²) in [6.45, 7) is 4.91. The molecule has 1 rings (SSSR count). The van der Waals surface area contributed by atoms with Gasteiger partial charge < -0.3 is 4.98 Å². The first kappa shape index (κ1) is 9.64. The number of aromatic nitrogens is 2. The van der Waals surface area contributed by atoms with Crippen molar-refractivity contribution in [2.45, 2.75) is 26.7 Å². The number of rotatable bonds is 2. The maximum atomic E-state index is 11.2.